The fourth-order valence-corrected chi connectivity index (χ4v) is 2.70. The molecule has 0 fully saturated rings. The number of ether oxygens (including phenoxy) is 2. The predicted molar refractivity (Wildman–Crippen MR) is 98.5 cm³/mol. The molecule has 0 aromatic heterocycles. The molecule has 0 bridgehead atoms. The molecule has 2 rings (SSSR count). The molecule has 23 heavy (non-hydrogen) atoms. The van der Waals surface area contributed by atoms with Crippen molar-refractivity contribution in [3.8, 4) is 11.1 Å². The molecule has 0 heterocycles. The van der Waals surface area contributed by atoms with E-state index in [9.17, 15) is 0 Å². The van der Waals surface area contributed by atoms with Crippen LogP contribution in [0, 0.1) is 0 Å². The predicted octanol–water partition coefficient (Wildman–Crippen LogP) is 3.65. The number of thiocarbonyl (C=S) groups is 1. The zero-order valence-corrected chi connectivity index (χ0v) is 14.4. The number of rotatable bonds is 6. The highest BCUT2D eigenvalue weighted by Crippen LogP contribution is 2.27. The molecule has 0 aliphatic carbocycles. The Morgan fingerprint density at radius 2 is 1.57 bits per heavy atom. The molecule has 2 aromatic rings. The number of benzene rings is 2. The number of hydrogen-bond donors (Lipinski definition) is 2. The average Bonchev–Trinajstić information content (AvgIpc) is 2.57. The van der Waals surface area contributed by atoms with Gasteiger partial charge in [-0.05, 0) is 30.8 Å². The second-order valence-electron chi connectivity index (χ2n) is 5.14. The van der Waals surface area contributed by atoms with E-state index in [0.717, 1.165) is 16.8 Å². The van der Waals surface area contributed by atoms with Crippen LogP contribution in [0.15, 0.2) is 54.6 Å². The van der Waals surface area contributed by atoms with E-state index in [1.54, 1.807) is 14.2 Å². The van der Waals surface area contributed by atoms with Crippen molar-refractivity contribution >= 4 is 23.0 Å². The first-order valence-corrected chi connectivity index (χ1v) is 7.84. The number of para-hydroxylation sites is 1. The highest BCUT2D eigenvalue weighted by Gasteiger charge is 2.16. The summed E-state index contributed by atoms with van der Waals surface area (Å²) in [7, 11) is 3.21. The van der Waals surface area contributed by atoms with Crippen LogP contribution in [0.5, 0.6) is 0 Å². The first-order chi connectivity index (χ1) is 11.2. The van der Waals surface area contributed by atoms with Crippen molar-refractivity contribution in [2.45, 2.75) is 19.3 Å². The molecule has 0 aliphatic rings. The highest BCUT2D eigenvalue weighted by molar-refractivity contribution is 7.80. The summed E-state index contributed by atoms with van der Waals surface area (Å²) in [4.78, 5) is 0. The lowest BCUT2D eigenvalue weighted by atomic mass is 10.0. The molecular formula is C18H22N2O2S. The molecule has 0 saturated carbocycles. The van der Waals surface area contributed by atoms with Crippen molar-refractivity contribution < 1.29 is 9.47 Å². The quantitative estimate of drug-likeness (QED) is 0.625. The van der Waals surface area contributed by atoms with Crippen LogP contribution in [0.2, 0.25) is 0 Å². The zero-order valence-electron chi connectivity index (χ0n) is 13.6. The van der Waals surface area contributed by atoms with Crippen LogP contribution in [-0.2, 0) is 9.47 Å². The average molecular weight is 330 g/mol. The summed E-state index contributed by atoms with van der Waals surface area (Å²) in [6, 6.07) is 18.2. The van der Waals surface area contributed by atoms with Gasteiger partial charge in [-0.1, -0.05) is 48.5 Å². The van der Waals surface area contributed by atoms with Gasteiger partial charge in [-0.15, -0.1) is 0 Å². The Kier molecular flexibility index (Phi) is 6.52. The van der Waals surface area contributed by atoms with E-state index in [2.05, 4.69) is 28.8 Å². The van der Waals surface area contributed by atoms with Crippen LogP contribution >= 0.6 is 12.2 Å². The smallest absolute Gasteiger partial charge is 0.176 e. The number of hydrogen-bond acceptors (Lipinski definition) is 3. The molecule has 0 aliphatic heterocycles. The topological polar surface area (TPSA) is 42.5 Å². The second kappa shape index (κ2) is 8.62. The second-order valence-corrected chi connectivity index (χ2v) is 5.55. The van der Waals surface area contributed by atoms with E-state index in [4.69, 9.17) is 21.7 Å². The lowest BCUT2D eigenvalue weighted by Crippen LogP contribution is -2.44. The number of methoxy groups -OCH3 is 2. The van der Waals surface area contributed by atoms with Crippen molar-refractivity contribution in [3.63, 3.8) is 0 Å². The lowest BCUT2D eigenvalue weighted by Gasteiger charge is -2.24. The monoisotopic (exact) mass is 330 g/mol. The summed E-state index contributed by atoms with van der Waals surface area (Å²) in [5, 5.41) is 6.96. The van der Waals surface area contributed by atoms with Crippen molar-refractivity contribution in [1.82, 2.24) is 5.32 Å². The van der Waals surface area contributed by atoms with Crippen molar-refractivity contribution in [3.05, 3.63) is 54.6 Å². The molecule has 5 heteroatoms. The standard InChI is InChI=1S/C18H22N2O2S/c1-13(17(21-2)22-3)19-18(23)20-16-12-8-7-11-15(16)14-9-5-4-6-10-14/h4-13,17H,1-3H3,(H2,19,20,23). The maximum Gasteiger partial charge on any atom is 0.176 e. The summed E-state index contributed by atoms with van der Waals surface area (Å²) in [5.74, 6) is 0. The zero-order chi connectivity index (χ0) is 16.7. The molecule has 0 amide bonds. The van der Waals surface area contributed by atoms with Gasteiger partial charge >= 0.3 is 0 Å². The van der Waals surface area contributed by atoms with Gasteiger partial charge in [0.05, 0.1) is 6.04 Å². The third-order valence-corrected chi connectivity index (χ3v) is 3.71. The molecule has 2 aromatic carbocycles. The maximum absolute atomic E-state index is 5.40. The minimum Gasteiger partial charge on any atom is -0.355 e. The molecule has 122 valence electrons. The summed E-state index contributed by atoms with van der Waals surface area (Å²) in [6.07, 6.45) is -0.362. The largest absolute Gasteiger partial charge is 0.355 e. The molecule has 0 spiro atoms. The lowest BCUT2D eigenvalue weighted by molar-refractivity contribution is -0.116. The van der Waals surface area contributed by atoms with Gasteiger partial charge in [0.2, 0.25) is 0 Å². The van der Waals surface area contributed by atoms with Crippen LogP contribution in [-0.4, -0.2) is 31.7 Å². The van der Waals surface area contributed by atoms with Gasteiger partial charge in [0.15, 0.2) is 11.4 Å². The molecule has 0 radical (unpaired) electrons. The molecule has 1 atom stereocenters. The van der Waals surface area contributed by atoms with Gasteiger partial charge < -0.3 is 20.1 Å². The molecule has 0 saturated heterocycles. The highest BCUT2D eigenvalue weighted by atomic mass is 32.1. The van der Waals surface area contributed by atoms with Crippen LogP contribution in [0.1, 0.15) is 6.92 Å². The van der Waals surface area contributed by atoms with Gasteiger partial charge in [-0.2, -0.15) is 0 Å². The third kappa shape index (κ3) is 4.76. The first kappa shape index (κ1) is 17.4. The number of nitrogens with one attached hydrogen (secondary N) is 2. The minimum absolute atomic E-state index is 0.0751. The first-order valence-electron chi connectivity index (χ1n) is 7.43. The number of anilines is 1. The fourth-order valence-electron chi connectivity index (χ4n) is 2.40. The van der Waals surface area contributed by atoms with E-state index in [-0.39, 0.29) is 12.3 Å². The molecule has 2 N–H and O–H groups in total. The fraction of sp³-hybridized carbons (Fsp3) is 0.278. The Morgan fingerprint density at radius 3 is 2.22 bits per heavy atom. The van der Waals surface area contributed by atoms with E-state index in [1.165, 1.54) is 0 Å². The Bertz CT molecular complexity index is 630. The van der Waals surface area contributed by atoms with Crippen LogP contribution in [0.25, 0.3) is 11.1 Å². The van der Waals surface area contributed by atoms with Gasteiger partial charge in [0, 0.05) is 25.5 Å². The van der Waals surface area contributed by atoms with Crippen molar-refractivity contribution in [2.75, 3.05) is 19.5 Å². The van der Waals surface area contributed by atoms with Crippen LogP contribution in [0.3, 0.4) is 0 Å². The van der Waals surface area contributed by atoms with E-state index in [0.29, 0.717) is 5.11 Å². The Labute approximate surface area is 142 Å². The van der Waals surface area contributed by atoms with Gasteiger partial charge in [-0.25, -0.2) is 0 Å². The SMILES string of the molecule is COC(OC)C(C)NC(=S)Nc1ccccc1-c1ccccc1. The summed E-state index contributed by atoms with van der Waals surface area (Å²) >= 11 is 5.40. The summed E-state index contributed by atoms with van der Waals surface area (Å²) < 4.78 is 10.5. The molecule has 4 nitrogen and oxygen atoms in total. The minimum atomic E-state index is -0.362. The van der Waals surface area contributed by atoms with Crippen molar-refractivity contribution in [2.24, 2.45) is 0 Å². The summed E-state index contributed by atoms with van der Waals surface area (Å²) in [6.45, 7) is 1.95. The Hall–Kier alpha value is -1.95. The molecule has 1 unspecified atom stereocenters. The van der Waals surface area contributed by atoms with Crippen LogP contribution in [0.4, 0.5) is 5.69 Å². The van der Waals surface area contributed by atoms with E-state index < -0.39 is 0 Å². The Balaban J connectivity index is 2.10. The third-order valence-electron chi connectivity index (χ3n) is 3.49. The van der Waals surface area contributed by atoms with Crippen molar-refractivity contribution in [1.29, 1.82) is 0 Å². The van der Waals surface area contributed by atoms with E-state index >= 15 is 0 Å². The van der Waals surface area contributed by atoms with Gasteiger partial charge in [-0.3, -0.25) is 0 Å². The Morgan fingerprint density at radius 1 is 0.957 bits per heavy atom. The summed E-state index contributed by atoms with van der Waals surface area (Å²) in [5.41, 5.74) is 3.19. The van der Waals surface area contributed by atoms with Gasteiger partial charge in [0.1, 0.15) is 0 Å². The van der Waals surface area contributed by atoms with Gasteiger partial charge in [0.25, 0.3) is 0 Å². The van der Waals surface area contributed by atoms with E-state index in [1.807, 2.05) is 43.3 Å². The maximum atomic E-state index is 5.40. The van der Waals surface area contributed by atoms with Crippen LogP contribution < -0.4 is 10.6 Å². The molecular weight excluding hydrogens is 308 g/mol. The normalized spacial score (nSPS) is 12.0.